The van der Waals surface area contributed by atoms with Gasteiger partial charge < -0.3 is 14.1 Å². The fraction of sp³-hybridized carbons (Fsp3) is 0.647. The molecule has 1 aromatic carbocycles. The normalized spacial score (nSPS) is 16.7. The summed E-state index contributed by atoms with van der Waals surface area (Å²) < 4.78 is 25.9. The van der Waals surface area contributed by atoms with Gasteiger partial charge in [0.2, 0.25) is 0 Å². The molecule has 1 saturated heterocycles. The summed E-state index contributed by atoms with van der Waals surface area (Å²) in [6.07, 6.45) is 0. The summed E-state index contributed by atoms with van der Waals surface area (Å²) in [5, 5.41) is 0.248. The van der Waals surface area contributed by atoms with Crippen LogP contribution in [0.1, 0.15) is 26.3 Å². The second-order valence-corrected chi connectivity index (χ2v) is 12.8. The first kappa shape index (κ1) is 18.7. The first-order chi connectivity index (χ1) is 10.6. The Labute approximate surface area is 144 Å². The Balaban J connectivity index is 2.19. The highest BCUT2D eigenvalue weighted by Crippen LogP contribution is 2.37. The van der Waals surface area contributed by atoms with E-state index < -0.39 is 8.32 Å². The van der Waals surface area contributed by atoms with E-state index in [0.717, 1.165) is 18.8 Å². The summed E-state index contributed by atoms with van der Waals surface area (Å²) in [5.74, 6) is -0.373. The molecule has 3 nitrogen and oxygen atoms in total. The molecule has 2 rings (SSSR count). The molecule has 130 valence electrons. The first-order valence-electron chi connectivity index (χ1n) is 8.06. The minimum Gasteiger partial charge on any atom is -0.412 e. The second kappa shape index (κ2) is 7.09. The quantitative estimate of drug-likeness (QED) is 0.718. The van der Waals surface area contributed by atoms with Crippen LogP contribution in [0.25, 0.3) is 0 Å². The number of rotatable bonds is 4. The van der Waals surface area contributed by atoms with E-state index in [9.17, 15) is 4.39 Å². The summed E-state index contributed by atoms with van der Waals surface area (Å²) in [4.78, 5) is 2.17. The number of benzene rings is 1. The van der Waals surface area contributed by atoms with E-state index in [-0.39, 0.29) is 22.5 Å². The molecule has 23 heavy (non-hydrogen) atoms. The standard InChI is InChI=1S/C17H27ClFNO2Si/c1-17(2,3)23(4,5)22-12-13-10-14(11-15(18)16(13)19)20-6-8-21-9-7-20/h10-11H,6-9,12H2,1-5H3. The van der Waals surface area contributed by atoms with E-state index in [4.69, 9.17) is 20.8 Å². The number of ether oxygens (including phenoxy) is 1. The summed E-state index contributed by atoms with van der Waals surface area (Å²) in [7, 11) is -1.93. The zero-order chi connectivity index (χ0) is 17.3. The zero-order valence-corrected chi connectivity index (χ0v) is 16.5. The summed E-state index contributed by atoms with van der Waals surface area (Å²) in [6, 6.07) is 3.55. The average molecular weight is 360 g/mol. The Bertz CT molecular complexity index is 554. The van der Waals surface area contributed by atoms with Gasteiger partial charge in [0, 0.05) is 24.3 Å². The van der Waals surface area contributed by atoms with Crippen molar-refractivity contribution in [2.75, 3.05) is 31.2 Å². The highest BCUT2D eigenvalue weighted by molar-refractivity contribution is 6.74. The van der Waals surface area contributed by atoms with Crippen LogP contribution in [0.2, 0.25) is 23.2 Å². The van der Waals surface area contributed by atoms with E-state index in [0.29, 0.717) is 18.8 Å². The maximum absolute atomic E-state index is 14.4. The minimum absolute atomic E-state index is 0.0924. The fourth-order valence-corrected chi connectivity index (χ4v) is 3.40. The summed E-state index contributed by atoms with van der Waals surface area (Å²) >= 11 is 6.10. The minimum atomic E-state index is -1.93. The van der Waals surface area contributed by atoms with Crippen molar-refractivity contribution in [3.8, 4) is 0 Å². The van der Waals surface area contributed by atoms with Crippen LogP contribution in [0, 0.1) is 5.82 Å². The third-order valence-corrected chi connectivity index (χ3v) is 9.61. The molecular formula is C17H27ClFNO2Si. The van der Waals surface area contributed by atoms with Crippen LogP contribution in [-0.4, -0.2) is 34.6 Å². The van der Waals surface area contributed by atoms with Crippen molar-refractivity contribution < 1.29 is 13.6 Å². The molecule has 6 heteroatoms. The van der Waals surface area contributed by atoms with Crippen molar-refractivity contribution in [1.82, 2.24) is 0 Å². The van der Waals surface area contributed by atoms with E-state index in [2.05, 4.69) is 38.8 Å². The topological polar surface area (TPSA) is 21.7 Å². The smallest absolute Gasteiger partial charge is 0.192 e. The van der Waals surface area contributed by atoms with Gasteiger partial charge >= 0.3 is 0 Å². The predicted molar refractivity (Wildman–Crippen MR) is 96.4 cm³/mol. The van der Waals surface area contributed by atoms with E-state index in [1.54, 1.807) is 6.07 Å². The van der Waals surface area contributed by atoms with Crippen LogP contribution in [0.5, 0.6) is 0 Å². The van der Waals surface area contributed by atoms with Crippen LogP contribution in [-0.2, 0) is 15.8 Å². The molecule has 0 saturated carbocycles. The van der Waals surface area contributed by atoms with Crippen LogP contribution < -0.4 is 4.90 Å². The van der Waals surface area contributed by atoms with Gasteiger partial charge in [-0.25, -0.2) is 4.39 Å². The van der Waals surface area contributed by atoms with Crippen molar-refractivity contribution in [1.29, 1.82) is 0 Å². The lowest BCUT2D eigenvalue weighted by Gasteiger charge is -2.36. The van der Waals surface area contributed by atoms with Gasteiger partial charge in [-0.3, -0.25) is 0 Å². The summed E-state index contributed by atoms with van der Waals surface area (Å²) in [6.45, 7) is 14.1. The Hall–Kier alpha value is -0.623. The summed E-state index contributed by atoms with van der Waals surface area (Å²) in [5.41, 5.74) is 1.47. The molecule has 1 heterocycles. The van der Waals surface area contributed by atoms with Crippen LogP contribution >= 0.6 is 11.6 Å². The van der Waals surface area contributed by atoms with Crippen LogP contribution in [0.15, 0.2) is 12.1 Å². The van der Waals surface area contributed by atoms with Gasteiger partial charge in [-0.1, -0.05) is 32.4 Å². The van der Waals surface area contributed by atoms with E-state index >= 15 is 0 Å². The van der Waals surface area contributed by atoms with Gasteiger partial charge in [0.25, 0.3) is 0 Å². The van der Waals surface area contributed by atoms with Crippen molar-refractivity contribution in [3.05, 3.63) is 28.5 Å². The van der Waals surface area contributed by atoms with E-state index in [1.807, 2.05) is 6.07 Å². The molecule has 0 aliphatic carbocycles. The maximum Gasteiger partial charge on any atom is 0.192 e. The number of anilines is 1. The second-order valence-electron chi connectivity index (χ2n) is 7.55. The molecule has 0 radical (unpaired) electrons. The number of hydrogen-bond acceptors (Lipinski definition) is 3. The first-order valence-corrected chi connectivity index (χ1v) is 11.3. The zero-order valence-electron chi connectivity index (χ0n) is 14.7. The molecule has 0 atom stereocenters. The van der Waals surface area contributed by atoms with Gasteiger partial charge in [0.1, 0.15) is 5.82 Å². The Morgan fingerprint density at radius 1 is 1.26 bits per heavy atom. The van der Waals surface area contributed by atoms with Crippen LogP contribution in [0.4, 0.5) is 10.1 Å². The molecule has 1 aliphatic heterocycles. The van der Waals surface area contributed by atoms with Gasteiger partial charge in [-0.15, -0.1) is 0 Å². The molecule has 0 N–H and O–H groups in total. The molecule has 0 bridgehead atoms. The van der Waals surface area contributed by atoms with Gasteiger partial charge in [-0.2, -0.15) is 0 Å². The molecule has 0 unspecified atom stereocenters. The third-order valence-electron chi connectivity index (χ3n) is 4.86. The third kappa shape index (κ3) is 4.47. The maximum atomic E-state index is 14.4. The van der Waals surface area contributed by atoms with Gasteiger partial charge in [0.15, 0.2) is 8.32 Å². The fourth-order valence-electron chi connectivity index (χ4n) is 2.21. The Morgan fingerprint density at radius 3 is 2.43 bits per heavy atom. The van der Waals surface area contributed by atoms with Gasteiger partial charge in [0.05, 0.1) is 24.8 Å². The molecule has 0 aromatic heterocycles. The lowest BCUT2D eigenvalue weighted by molar-refractivity contribution is 0.122. The number of nitrogens with zero attached hydrogens (tertiary/aromatic N) is 1. The van der Waals surface area contributed by atoms with Crippen LogP contribution in [0.3, 0.4) is 0 Å². The van der Waals surface area contributed by atoms with E-state index in [1.165, 1.54) is 0 Å². The highest BCUT2D eigenvalue weighted by atomic mass is 35.5. The molecular weight excluding hydrogens is 333 g/mol. The van der Waals surface area contributed by atoms with Crippen molar-refractivity contribution in [2.45, 2.75) is 45.5 Å². The molecule has 0 amide bonds. The number of hydrogen-bond donors (Lipinski definition) is 0. The Morgan fingerprint density at radius 2 is 1.87 bits per heavy atom. The highest BCUT2D eigenvalue weighted by Gasteiger charge is 2.37. The molecule has 1 fully saturated rings. The van der Waals surface area contributed by atoms with Crippen molar-refractivity contribution in [2.24, 2.45) is 0 Å². The number of halogens is 2. The molecule has 0 spiro atoms. The lowest BCUT2D eigenvalue weighted by atomic mass is 10.1. The molecule has 1 aliphatic rings. The van der Waals surface area contributed by atoms with Gasteiger partial charge in [-0.05, 0) is 30.3 Å². The van der Waals surface area contributed by atoms with Crippen molar-refractivity contribution >= 4 is 25.6 Å². The molecule has 1 aromatic rings. The average Bonchev–Trinajstić information content (AvgIpc) is 2.48. The SMILES string of the molecule is CC(C)(C)[Si](C)(C)OCc1cc(N2CCOCC2)cc(Cl)c1F. The Kier molecular flexibility index (Phi) is 5.77. The lowest BCUT2D eigenvalue weighted by Crippen LogP contribution is -2.40. The largest absolute Gasteiger partial charge is 0.412 e. The monoisotopic (exact) mass is 359 g/mol. The number of morpholine rings is 1. The van der Waals surface area contributed by atoms with Crippen molar-refractivity contribution in [3.63, 3.8) is 0 Å². The predicted octanol–water partition coefficient (Wildman–Crippen LogP) is 4.84.